The fourth-order valence-electron chi connectivity index (χ4n) is 6.08. The lowest BCUT2D eigenvalue weighted by atomic mass is 9.46. The summed E-state index contributed by atoms with van der Waals surface area (Å²) in [6, 6.07) is 0. The van der Waals surface area contributed by atoms with E-state index >= 15 is 0 Å². The van der Waals surface area contributed by atoms with Gasteiger partial charge < -0.3 is 15.3 Å². The normalized spacial score (nSPS) is 61.0. The molecule has 0 saturated heterocycles. The summed E-state index contributed by atoms with van der Waals surface area (Å²) >= 11 is 0. The number of hydrogen-bond donors (Lipinski definition) is 3. The quantitative estimate of drug-likeness (QED) is 0.601. The van der Waals surface area contributed by atoms with Crippen molar-refractivity contribution in [2.45, 2.75) is 63.5 Å². The Kier molecular flexibility index (Phi) is 3.07. The summed E-state index contributed by atoms with van der Waals surface area (Å²) < 4.78 is 14.7. The van der Waals surface area contributed by atoms with Crippen LogP contribution in [0.2, 0.25) is 0 Å². The molecule has 2 saturated carbocycles. The molecular formula is C19H27FO3. The lowest BCUT2D eigenvalue weighted by Crippen LogP contribution is -2.64. The first kappa shape index (κ1) is 15.8. The molecule has 0 bridgehead atoms. The van der Waals surface area contributed by atoms with Gasteiger partial charge >= 0.3 is 0 Å². The predicted octanol–water partition coefficient (Wildman–Crippen LogP) is 2.72. The average molecular weight is 322 g/mol. The van der Waals surface area contributed by atoms with Crippen molar-refractivity contribution in [1.29, 1.82) is 0 Å². The Morgan fingerprint density at radius 3 is 2.52 bits per heavy atom. The zero-order valence-electron chi connectivity index (χ0n) is 13.9. The summed E-state index contributed by atoms with van der Waals surface area (Å²) in [6.45, 7) is 3.91. The topological polar surface area (TPSA) is 60.7 Å². The Hall–Kier alpha value is -0.710. The minimum atomic E-state index is -2.14. The van der Waals surface area contributed by atoms with Crippen molar-refractivity contribution in [3.8, 4) is 0 Å². The molecule has 3 nitrogen and oxygen atoms in total. The number of halogens is 1. The SMILES string of the molecule is C[C@]12CC[C@]3(O)[C@@H](C=CC4CC(O)C=C[C@@]43C)[C@@H]1CCC2(O)F. The largest absolute Gasteiger partial charge is 0.389 e. The van der Waals surface area contributed by atoms with E-state index in [1.54, 1.807) is 6.08 Å². The second-order valence-corrected chi connectivity index (χ2v) is 8.71. The molecule has 8 atom stereocenters. The van der Waals surface area contributed by atoms with Crippen molar-refractivity contribution in [3.63, 3.8) is 0 Å². The van der Waals surface area contributed by atoms with Crippen LogP contribution < -0.4 is 0 Å². The number of aliphatic hydroxyl groups excluding tert-OH is 1. The van der Waals surface area contributed by atoms with E-state index in [1.165, 1.54) is 0 Å². The lowest BCUT2D eigenvalue weighted by Gasteiger charge is -2.61. The molecule has 4 aliphatic carbocycles. The standard InChI is InChI=1S/C19H27FO3/c1-16-7-5-13(21)11-12(16)3-4-15-14-6-8-19(20,23)17(14,2)9-10-18(15,16)22/h3-5,7,12-15,21-23H,6,8-11H2,1-2H3/t12?,13?,14-,15-,16-,17-,18-,19?/m0/s1. The highest BCUT2D eigenvalue weighted by molar-refractivity contribution is 5.30. The van der Waals surface area contributed by atoms with Crippen LogP contribution in [0.3, 0.4) is 0 Å². The molecule has 3 N–H and O–H groups in total. The van der Waals surface area contributed by atoms with Crippen LogP contribution in [0.15, 0.2) is 24.3 Å². The van der Waals surface area contributed by atoms with E-state index in [4.69, 9.17) is 0 Å². The van der Waals surface area contributed by atoms with Gasteiger partial charge in [0.15, 0.2) is 0 Å². The van der Waals surface area contributed by atoms with Crippen LogP contribution in [0, 0.1) is 28.6 Å². The predicted molar refractivity (Wildman–Crippen MR) is 85.1 cm³/mol. The number of aliphatic hydroxyl groups is 3. The molecule has 0 aromatic carbocycles. The number of allylic oxidation sites excluding steroid dienone is 1. The molecule has 23 heavy (non-hydrogen) atoms. The zero-order chi connectivity index (χ0) is 16.7. The highest BCUT2D eigenvalue weighted by Crippen LogP contribution is 2.67. The average Bonchev–Trinajstić information content (AvgIpc) is 2.72. The van der Waals surface area contributed by atoms with Crippen molar-refractivity contribution in [1.82, 2.24) is 0 Å². The van der Waals surface area contributed by atoms with Crippen LogP contribution in [0.25, 0.3) is 0 Å². The van der Waals surface area contributed by atoms with Crippen molar-refractivity contribution in [3.05, 3.63) is 24.3 Å². The molecule has 0 amide bonds. The fraction of sp³-hybridized carbons (Fsp3) is 0.789. The van der Waals surface area contributed by atoms with E-state index in [0.29, 0.717) is 25.7 Å². The van der Waals surface area contributed by atoms with E-state index in [9.17, 15) is 19.7 Å². The first-order valence-corrected chi connectivity index (χ1v) is 8.83. The Morgan fingerprint density at radius 1 is 1.04 bits per heavy atom. The number of hydrogen-bond acceptors (Lipinski definition) is 3. The molecule has 128 valence electrons. The molecule has 0 aromatic heterocycles. The van der Waals surface area contributed by atoms with Gasteiger partial charge in [-0.1, -0.05) is 38.2 Å². The van der Waals surface area contributed by atoms with Gasteiger partial charge in [0.2, 0.25) is 5.85 Å². The molecule has 0 aliphatic heterocycles. The van der Waals surface area contributed by atoms with Crippen LogP contribution >= 0.6 is 0 Å². The number of rotatable bonds is 0. The first-order chi connectivity index (χ1) is 10.6. The van der Waals surface area contributed by atoms with Gasteiger partial charge in [-0.05, 0) is 37.5 Å². The second-order valence-electron chi connectivity index (χ2n) is 8.71. The summed E-state index contributed by atoms with van der Waals surface area (Å²) in [4.78, 5) is 0. The van der Waals surface area contributed by atoms with E-state index in [-0.39, 0.29) is 24.2 Å². The van der Waals surface area contributed by atoms with Gasteiger partial charge in [-0.2, -0.15) is 0 Å². The third-order valence-electron chi connectivity index (χ3n) is 7.90. The summed E-state index contributed by atoms with van der Waals surface area (Å²) in [5, 5.41) is 31.8. The Labute approximate surface area is 136 Å². The number of fused-ring (bicyclic) bond motifs is 5. The van der Waals surface area contributed by atoms with Gasteiger partial charge in [-0.25, -0.2) is 4.39 Å². The van der Waals surface area contributed by atoms with Crippen molar-refractivity contribution >= 4 is 0 Å². The molecule has 4 rings (SSSR count). The molecule has 0 radical (unpaired) electrons. The smallest absolute Gasteiger partial charge is 0.212 e. The molecule has 2 fully saturated rings. The Balaban J connectivity index is 1.79. The highest BCUT2D eigenvalue weighted by atomic mass is 19.2. The zero-order valence-corrected chi connectivity index (χ0v) is 13.9. The minimum absolute atomic E-state index is 0.0504. The molecular weight excluding hydrogens is 295 g/mol. The molecule has 3 unspecified atom stereocenters. The third-order valence-corrected chi connectivity index (χ3v) is 7.90. The van der Waals surface area contributed by atoms with Crippen LogP contribution in [0.4, 0.5) is 4.39 Å². The molecule has 0 aromatic rings. The first-order valence-electron chi connectivity index (χ1n) is 8.83. The van der Waals surface area contributed by atoms with Crippen molar-refractivity contribution in [2.75, 3.05) is 0 Å². The van der Waals surface area contributed by atoms with Gasteiger partial charge in [-0.15, -0.1) is 0 Å². The summed E-state index contributed by atoms with van der Waals surface area (Å²) in [6.07, 6.45) is 9.80. The summed E-state index contributed by atoms with van der Waals surface area (Å²) in [5.41, 5.74) is -2.16. The molecule has 4 heteroatoms. The van der Waals surface area contributed by atoms with Gasteiger partial charge in [-0.3, -0.25) is 0 Å². The van der Waals surface area contributed by atoms with Crippen molar-refractivity contribution in [2.24, 2.45) is 28.6 Å². The van der Waals surface area contributed by atoms with Crippen LogP contribution in [0.5, 0.6) is 0 Å². The van der Waals surface area contributed by atoms with E-state index < -0.39 is 28.4 Å². The van der Waals surface area contributed by atoms with Crippen LogP contribution in [-0.4, -0.2) is 32.9 Å². The third kappa shape index (κ3) is 1.75. The van der Waals surface area contributed by atoms with Gasteiger partial charge in [0.1, 0.15) is 0 Å². The highest BCUT2D eigenvalue weighted by Gasteiger charge is 2.69. The van der Waals surface area contributed by atoms with Gasteiger partial charge in [0, 0.05) is 23.2 Å². The van der Waals surface area contributed by atoms with Crippen molar-refractivity contribution < 1.29 is 19.7 Å². The van der Waals surface area contributed by atoms with Crippen LogP contribution in [-0.2, 0) is 0 Å². The fourth-order valence-corrected chi connectivity index (χ4v) is 6.08. The monoisotopic (exact) mass is 322 g/mol. The minimum Gasteiger partial charge on any atom is -0.389 e. The molecule has 4 aliphatic rings. The number of alkyl halides is 1. The van der Waals surface area contributed by atoms with Gasteiger partial charge in [0.25, 0.3) is 0 Å². The second kappa shape index (κ2) is 4.47. The van der Waals surface area contributed by atoms with Crippen LogP contribution in [0.1, 0.15) is 46.0 Å². The Morgan fingerprint density at radius 2 is 1.78 bits per heavy atom. The maximum absolute atomic E-state index is 14.7. The van der Waals surface area contributed by atoms with E-state index in [0.717, 1.165) is 0 Å². The lowest BCUT2D eigenvalue weighted by molar-refractivity contribution is -0.229. The van der Waals surface area contributed by atoms with E-state index in [2.05, 4.69) is 13.0 Å². The molecule has 0 spiro atoms. The van der Waals surface area contributed by atoms with E-state index in [1.807, 2.05) is 19.1 Å². The maximum Gasteiger partial charge on any atom is 0.212 e. The maximum atomic E-state index is 14.7. The Bertz CT molecular complexity index is 585. The molecule has 0 heterocycles. The summed E-state index contributed by atoms with van der Waals surface area (Å²) in [7, 11) is 0. The summed E-state index contributed by atoms with van der Waals surface area (Å²) in [5.74, 6) is -2.24. The van der Waals surface area contributed by atoms with Gasteiger partial charge in [0.05, 0.1) is 11.7 Å².